The smallest absolute Gasteiger partial charge is 0.410 e. The number of aromatic nitrogens is 2. The number of benzene rings is 1. The van der Waals surface area contributed by atoms with Gasteiger partial charge in [-0.1, -0.05) is 17.3 Å². The third-order valence-corrected chi connectivity index (χ3v) is 6.19. The lowest BCUT2D eigenvalue weighted by Crippen LogP contribution is -2.41. The summed E-state index contributed by atoms with van der Waals surface area (Å²) < 4.78 is 16.4. The van der Waals surface area contributed by atoms with Crippen LogP contribution in [-0.2, 0) is 9.47 Å². The number of carbonyl (C=O) groups excluding carboxylic acids is 1. The van der Waals surface area contributed by atoms with Gasteiger partial charge in [-0.3, -0.25) is 0 Å². The standard InChI is InChI=1S/C24H33N5O4/c1-24(2,3)32-23(30)29-9-7-15(8-10-29)22-27-21(28-33-22)16-5-6-17(14-25)20(11-16)26-18-12-19(13-18)31-4/h5-6,11,14-15,18-19,25-26H,7-10,12-13H2,1-4H3. The molecule has 2 aromatic rings. The number of likely N-dealkylation sites (tertiary alicyclic amines) is 1. The molecule has 2 heterocycles. The highest BCUT2D eigenvalue weighted by Crippen LogP contribution is 2.32. The van der Waals surface area contributed by atoms with Crippen molar-refractivity contribution in [2.75, 3.05) is 25.5 Å². The third kappa shape index (κ3) is 5.52. The Bertz CT molecular complexity index is 985. The van der Waals surface area contributed by atoms with E-state index >= 15 is 0 Å². The molecule has 0 bridgehead atoms. The first-order valence-corrected chi connectivity index (χ1v) is 11.5. The second kappa shape index (κ2) is 9.51. The molecule has 2 N–H and O–H groups in total. The van der Waals surface area contributed by atoms with E-state index < -0.39 is 5.60 Å². The van der Waals surface area contributed by atoms with Crippen LogP contribution in [-0.4, -0.2) is 65.3 Å². The Morgan fingerprint density at radius 1 is 1.27 bits per heavy atom. The van der Waals surface area contributed by atoms with E-state index in [4.69, 9.17) is 19.4 Å². The number of rotatable bonds is 6. The Morgan fingerprint density at radius 2 is 2.00 bits per heavy atom. The largest absolute Gasteiger partial charge is 0.444 e. The van der Waals surface area contributed by atoms with Crippen molar-refractivity contribution >= 4 is 18.0 Å². The average Bonchev–Trinajstić information content (AvgIpc) is 3.25. The van der Waals surface area contributed by atoms with Gasteiger partial charge < -0.3 is 29.6 Å². The summed E-state index contributed by atoms with van der Waals surface area (Å²) in [6.07, 6.45) is 4.78. The number of carbonyl (C=O) groups is 1. The summed E-state index contributed by atoms with van der Waals surface area (Å²) in [6, 6.07) is 6.11. The number of piperidine rings is 1. The van der Waals surface area contributed by atoms with Crippen molar-refractivity contribution in [3.05, 3.63) is 29.7 Å². The van der Waals surface area contributed by atoms with Crippen LogP contribution in [0.25, 0.3) is 11.4 Å². The summed E-state index contributed by atoms with van der Waals surface area (Å²) in [5.74, 6) is 1.24. The number of methoxy groups -OCH3 is 1. The van der Waals surface area contributed by atoms with Crippen LogP contribution < -0.4 is 5.32 Å². The van der Waals surface area contributed by atoms with Gasteiger partial charge >= 0.3 is 6.09 Å². The van der Waals surface area contributed by atoms with Gasteiger partial charge in [0.25, 0.3) is 0 Å². The molecule has 0 radical (unpaired) electrons. The van der Waals surface area contributed by atoms with Gasteiger partial charge in [0.2, 0.25) is 11.7 Å². The Morgan fingerprint density at radius 3 is 2.64 bits per heavy atom. The summed E-state index contributed by atoms with van der Waals surface area (Å²) in [6.45, 7) is 6.81. The van der Waals surface area contributed by atoms with E-state index in [9.17, 15) is 4.79 Å². The molecule has 1 aliphatic heterocycles. The molecule has 1 aliphatic carbocycles. The molecule has 0 unspecified atom stereocenters. The van der Waals surface area contributed by atoms with Gasteiger partial charge in [-0.2, -0.15) is 4.98 Å². The molecule has 33 heavy (non-hydrogen) atoms. The van der Waals surface area contributed by atoms with Crippen molar-refractivity contribution in [3.8, 4) is 11.4 Å². The Kier molecular flexibility index (Phi) is 6.69. The maximum Gasteiger partial charge on any atom is 0.410 e. The van der Waals surface area contributed by atoms with Crippen molar-refractivity contribution in [2.24, 2.45) is 0 Å². The average molecular weight is 456 g/mol. The first-order chi connectivity index (χ1) is 15.8. The van der Waals surface area contributed by atoms with Gasteiger partial charge in [-0.15, -0.1) is 0 Å². The Balaban J connectivity index is 1.40. The van der Waals surface area contributed by atoms with Gasteiger partial charge in [0, 0.05) is 55.2 Å². The molecule has 9 nitrogen and oxygen atoms in total. The lowest BCUT2D eigenvalue weighted by molar-refractivity contribution is 0.0198. The minimum Gasteiger partial charge on any atom is -0.444 e. The zero-order valence-electron chi connectivity index (χ0n) is 19.8. The fourth-order valence-electron chi connectivity index (χ4n) is 4.20. The highest BCUT2D eigenvalue weighted by Gasteiger charge is 2.31. The molecule has 1 saturated heterocycles. The molecule has 2 aliphatic rings. The summed E-state index contributed by atoms with van der Waals surface area (Å²) in [5, 5.41) is 15.4. The number of anilines is 1. The van der Waals surface area contributed by atoms with E-state index in [0.717, 1.165) is 42.5 Å². The van der Waals surface area contributed by atoms with E-state index in [2.05, 4.69) is 15.5 Å². The summed E-state index contributed by atoms with van der Waals surface area (Å²) in [5.41, 5.74) is 2.05. The van der Waals surface area contributed by atoms with E-state index in [0.29, 0.717) is 37.0 Å². The van der Waals surface area contributed by atoms with Crippen molar-refractivity contribution in [3.63, 3.8) is 0 Å². The fourth-order valence-corrected chi connectivity index (χ4v) is 4.20. The Hall–Kier alpha value is -2.94. The zero-order chi connectivity index (χ0) is 23.6. The SMILES string of the molecule is COC1CC(Nc2cc(-c3noc(C4CCN(C(=O)OC(C)(C)C)CC4)n3)ccc2C=N)C1. The topological polar surface area (TPSA) is 114 Å². The lowest BCUT2D eigenvalue weighted by atomic mass is 9.89. The lowest BCUT2D eigenvalue weighted by Gasteiger charge is -2.35. The maximum absolute atomic E-state index is 12.3. The number of nitrogens with zero attached hydrogens (tertiary/aromatic N) is 3. The van der Waals surface area contributed by atoms with E-state index in [-0.39, 0.29) is 12.0 Å². The number of ether oxygens (including phenoxy) is 2. The molecule has 9 heteroatoms. The van der Waals surface area contributed by atoms with Gasteiger partial charge in [0.15, 0.2) is 0 Å². The highest BCUT2D eigenvalue weighted by molar-refractivity contribution is 5.87. The second-order valence-electron chi connectivity index (χ2n) is 9.81. The Labute approximate surface area is 194 Å². The number of hydrogen-bond acceptors (Lipinski definition) is 8. The van der Waals surface area contributed by atoms with Crippen LogP contribution >= 0.6 is 0 Å². The number of nitrogens with one attached hydrogen (secondary N) is 2. The van der Waals surface area contributed by atoms with Gasteiger partial charge in [-0.05, 0) is 52.5 Å². The molecular formula is C24H33N5O4. The first-order valence-electron chi connectivity index (χ1n) is 11.5. The van der Waals surface area contributed by atoms with Crippen LogP contribution in [0, 0.1) is 5.41 Å². The van der Waals surface area contributed by atoms with Gasteiger partial charge in [-0.25, -0.2) is 4.79 Å². The van der Waals surface area contributed by atoms with Crippen molar-refractivity contribution in [2.45, 2.75) is 70.1 Å². The van der Waals surface area contributed by atoms with Crippen LogP contribution in [0.5, 0.6) is 0 Å². The first kappa shape index (κ1) is 23.2. The van der Waals surface area contributed by atoms with Crippen molar-refractivity contribution in [1.29, 1.82) is 5.41 Å². The van der Waals surface area contributed by atoms with E-state index in [1.807, 2.05) is 39.0 Å². The number of hydrogen-bond donors (Lipinski definition) is 2. The summed E-state index contributed by atoms with van der Waals surface area (Å²) >= 11 is 0. The maximum atomic E-state index is 12.3. The highest BCUT2D eigenvalue weighted by atomic mass is 16.6. The summed E-state index contributed by atoms with van der Waals surface area (Å²) in [4.78, 5) is 18.7. The van der Waals surface area contributed by atoms with Gasteiger partial charge in [0.05, 0.1) is 6.10 Å². The van der Waals surface area contributed by atoms with Crippen LogP contribution in [0.2, 0.25) is 0 Å². The zero-order valence-corrected chi connectivity index (χ0v) is 19.8. The monoisotopic (exact) mass is 455 g/mol. The summed E-state index contributed by atoms with van der Waals surface area (Å²) in [7, 11) is 1.74. The fraction of sp³-hybridized carbons (Fsp3) is 0.583. The van der Waals surface area contributed by atoms with Crippen LogP contribution in [0.3, 0.4) is 0 Å². The second-order valence-corrected chi connectivity index (χ2v) is 9.81. The van der Waals surface area contributed by atoms with Crippen molar-refractivity contribution in [1.82, 2.24) is 15.0 Å². The molecule has 2 fully saturated rings. The van der Waals surface area contributed by atoms with Crippen LogP contribution in [0.1, 0.15) is 63.8 Å². The normalized spacial score (nSPS) is 21.4. The molecule has 1 aromatic carbocycles. The number of amides is 1. The molecule has 1 aromatic heterocycles. The molecule has 178 valence electrons. The predicted molar refractivity (Wildman–Crippen MR) is 125 cm³/mol. The van der Waals surface area contributed by atoms with E-state index in [1.54, 1.807) is 12.0 Å². The minimum absolute atomic E-state index is 0.115. The van der Waals surface area contributed by atoms with Gasteiger partial charge in [0.1, 0.15) is 5.60 Å². The van der Waals surface area contributed by atoms with E-state index in [1.165, 1.54) is 6.21 Å². The molecule has 0 spiro atoms. The van der Waals surface area contributed by atoms with Crippen LogP contribution in [0.4, 0.5) is 10.5 Å². The molecular weight excluding hydrogens is 422 g/mol. The molecule has 4 rings (SSSR count). The molecule has 1 amide bonds. The third-order valence-electron chi connectivity index (χ3n) is 6.19. The van der Waals surface area contributed by atoms with Crippen LogP contribution in [0.15, 0.2) is 22.7 Å². The predicted octanol–water partition coefficient (Wildman–Crippen LogP) is 4.44. The quantitative estimate of drug-likeness (QED) is 0.619. The molecule has 1 saturated carbocycles. The molecule has 0 atom stereocenters. The van der Waals surface area contributed by atoms with Crippen molar-refractivity contribution < 1.29 is 18.8 Å². The minimum atomic E-state index is -0.500.